The lowest BCUT2D eigenvalue weighted by atomic mass is 9.97. The number of hydrogen-bond donors (Lipinski definition) is 4. The van der Waals surface area contributed by atoms with Gasteiger partial charge in [0.2, 0.25) is 0 Å². The van der Waals surface area contributed by atoms with Gasteiger partial charge >= 0.3 is 5.69 Å². The van der Waals surface area contributed by atoms with Crippen LogP contribution in [0.1, 0.15) is 61.0 Å². The standard InChI is InChI=1S/C20H26N4O4/c1-2-3-10-28-15-8-5-12(6-9-15)13-4-7-14(11-13)22-19(26)17-16(21)18(25)24-20(27)23-17/h5-6,8-9,13-14H,2-4,7,10-11,21H2,1H3,(H,22,26)(H2,23,24,25,27). The molecule has 1 heterocycles. The number of amides is 1. The first-order valence-electron chi connectivity index (χ1n) is 9.63. The van der Waals surface area contributed by atoms with E-state index in [0.717, 1.165) is 44.5 Å². The molecule has 1 aliphatic carbocycles. The van der Waals surface area contributed by atoms with Crippen molar-refractivity contribution in [1.82, 2.24) is 15.3 Å². The Labute approximate surface area is 162 Å². The highest BCUT2D eigenvalue weighted by molar-refractivity contribution is 5.96. The third-order valence-electron chi connectivity index (χ3n) is 5.09. The first-order chi connectivity index (χ1) is 13.5. The van der Waals surface area contributed by atoms with E-state index in [4.69, 9.17) is 10.5 Å². The Bertz CT molecular complexity index is 932. The van der Waals surface area contributed by atoms with E-state index in [0.29, 0.717) is 5.92 Å². The summed E-state index contributed by atoms with van der Waals surface area (Å²) in [5.74, 6) is 0.672. The Morgan fingerprint density at radius 3 is 2.68 bits per heavy atom. The van der Waals surface area contributed by atoms with Crippen LogP contribution in [0.2, 0.25) is 0 Å². The number of carbonyl (C=O) groups excluding carboxylic acids is 1. The predicted molar refractivity (Wildman–Crippen MR) is 107 cm³/mol. The van der Waals surface area contributed by atoms with E-state index in [1.165, 1.54) is 5.56 Å². The maximum absolute atomic E-state index is 12.4. The monoisotopic (exact) mass is 386 g/mol. The zero-order valence-electron chi connectivity index (χ0n) is 15.9. The van der Waals surface area contributed by atoms with Crippen molar-refractivity contribution in [3.63, 3.8) is 0 Å². The van der Waals surface area contributed by atoms with Crippen LogP contribution in [0.15, 0.2) is 33.9 Å². The lowest BCUT2D eigenvalue weighted by Crippen LogP contribution is -2.37. The molecule has 1 aromatic heterocycles. The second kappa shape index (κ2) is 8.77. The quantitative estimate of drug-likeness (QED) is 0.540. The molecule has 0 bridgehead atoms. The van der Waals surface area contributed by atoms with Crippen LogP contribution in [0.4, 0.5) is 5.69 Å². The van der Waals surface area contributed by atoms with Crippen molar-refractivity contribution in [3.8, 4) is 5.75 Å². The van der Waals surface area contributed by atoms with Crippen molar-refractivity contribution in [2.45, 2.75) is 51.0 Å². The number of nitrogen functional groups attached to an aromatic ring is 1. The van der Waals surface area contributed by atoms with Gasteiger partial charge in [-0.25, -0.2) is 4.79 Å². The topological polar surface area (TPSA) is 130 Å². The number of anilines is 1. The lowest BCUT2D eigenvalue weighted by Gasteiger charge is -2.14. The summed E-state index contributed by atoms with van der Waals surface area (Å²) in [6.45, 7) is 2.85. The molecule has 3 rings (SSSR count). The van der Waals surface area contributed by atoms with Gasteiger partial charge in [-0.3, -0.25) is 14.6 Å². The molecule has 8 heteroatoms. The number of rotatable bonds is 7. The molecular weight excluding hydrogens is 360 g/mol. The fourth-order valence-corrected chi connectivity index (χ4v) is 3.52. The average molecular weight is 386 g/mol. The van der Waals surface area contributed by atoms with Crippen LogP contribution < -0.4 is 27.0 Å². The summed E-state index contributed by atoms with van der Waals surface area (Å²) in [4.78, 5) is 39.7. The average Bonchev–Trinajstić information content (AvgIpc) is 3.14. The molecule has 1 amide bonds. The minimum atomic E-state index is -0.764. The smallest absolute Gasteiger partial charge is 0.326 e. The molecular formula is C20H26N4O4. The normalized spacial score (nSPS) is 18.8. The van der Waals surface area contributed by atoms with Crippen molar-refractivity contribution < 1.29 is 9.53 Å². The second-order valence-electron chi connectivity index (χ2n) is 7.15. The lowest BCUT2D eigenvalue weighted by molar-refractivity contribution is 0.0933. The zero-order valence-corrected chi connectivity index (χ0v) is 15.9. The first kappa shape index (κ1) is 19.7. The third kappa shape index (κ3) is 4.62. The Morgan fingerprint density at radius 1 is 1.21 bits per heavy atom. The van der Waals surface area contributed by atoms with Crippen LogP contribution in [-0.4, -0.2) is 28.5 Å². The number of nitrogens with one attached hydrogen (secondary N) is 3. The first-order valence-corrected chi connectivity index (χ1v) is 9.63. The summed E-state index contributed by atoms with van der Waals surface area (Å²) in [6.07, 6.45) is 4.69. The van der Waals surface area contributed by atoms with Crippen LogP contribution in [0.5, 0.6) is 5.75 Å². The summed E-state index contributed by atoms with van der Waals surface area (Å²) < 4.78 is 5.69. The Hall–Kier alpha value is -3.03. The van der Waals surface area contributed by atoms with Gasteiger partial charge < -0.3 is 20.8 Å². The van der Waals surface area contributed by atoms with E-state index in [1.807, 2.05) is 17.1 Å². The Balaban J connectivity index is 1.59. The van der Waals surface area contributed by atoms with Gasteiger partial charge in [0.05, 0.1) is 6.61 Å². The van der Waals surface area contributed by atoms with Crippen LogP contribution in [0.25, 0.3) is 0 Å². The Kier molecular flexibility index (Phi) is 6.18. The number of nitrogens with two attached hydrogens (primary N) is 1. The number of aromatic amines is 2. The molecule has 5 N–H and O–H groups in total. The maximum atomic E-state index is 12.4. The second-order valence-corrected chi connectivity index (χ2v) is 7.15. The number of hydrogen-bond acceptors (Lipinski definition) is 5. The minimum absolute atomic E-state index is 0.0415. The molecule has 1 fully saturated rings. The molecule has 1 aromatic carbocycles. The van der Waals surface area contributed by atoms with Gasteiger partial charge in [-0.1, -0.05) is 25.5 Å². The summed E-state index contributed by atoms with van der Waals surface area (Å²) in [6, 6.07) is 8.07. The number of unbranched alkanes of at least 4 members (excludes halogenated alkanes) is 1. The van der Waals surface area contributed by atoms with Crippen LogP contribution in [0, 0.1) is 0 Å². The SMILES string of the molecule is CCCCOc1ccc(C2CCC(NC(=O)c3[nH]c(=O)[nH]c(=O)c3N)C2)cc1. The highest BCUT2D eigenvalue weighted by Gasteiger charge is 2.28. The summed E-state index contributed by atoms with van der Waals surface area (Å²) >= 11 is 0. The Morgan fingerprint density at radius 2 is 1.96 bits per heavy atom. The van der Waals surface area contributed by atoms with Crippen molar-refractivity contribution in [1.29, 1.82) is 0 Å². The molecule has 1 aliphatic rings. The number of benzene rings is 1. The van der Waals surface area contributed by atoms with Gasteiger partial charge in [0, 0.05) is 6.04 Å². The number of aromatic nitrogens is 2. The minimum Gasteiger partial charge on any atom is -0.494 e. The molecule has 0 spiro atoms. The molecule has 28 heavy (non-hydrogen) atoms. The fraction of sp³-hybridized carbons (Fsp3) is 0.450. The highest BCUT2D eigenvalue weighted by atomic mass is 16.5. The molecule has 2 aromatic rings. The van der Waals surface area contributed by atoms with Gasteiger partial charge in [0.25, 0.3) is 11.5 Å². The van der Waals surface area contributed by atoms with E-state index in [1.54, 1.807) is 0 Å². The van der Waals surface area contributed by atoms with Crippen molar-refractivity contribution >= 4 is 11.6 Å². The molecule has 8 nitrogen and oxygen atoms in total. The summed E-state index contributed by atoms with van der Waals surface area (Å²) in [5.41, 5.74) is 4.83. The van der Waals surface area contributed by atoms with E-state index in [-0.39, 0.29) is 17.4 Å². The maximum Gasteiger partial charge on any atom is 0.326 e. The third-order valence-corrected chi connectivity index (χ3v) is 5.09. The molecule has 150 valence electrons. The van der Waals surface area contributed by atoms with Gasteiger partial charge in [-0.15, -0.1) is 0 Å². The number of H-pyrrole nitrogens is 2. The van der Waals surface area contributed by atoms with E-state index < -0.39 is 17.2 Å². The number of carbonyl (C=O) groups is 1. The summed E-state index contributed by atoms with van der Waals surface area (Å²) in [5, 5.41) is 2.87. The van der Waals surface area contributed by atoms with Gasteiger partial charge in [0.1, 0.15) is 17.1 Å². The number of ether oxygens (including phenoxy) is 1. The predicted octanol–water partition coefficient (Wildman–Crippen LogP) is 1.89. The van der Waals surface area contributed by atoms with Gasteiger partial charge in [-0.05, 0) is 49.3 Å². The van der Waals surface area contributed by atoms with Gasteiger partial charge in [-0.2, -0.15) is 0 Å². The largest absolute Gasteiger partial charge is 0.494 e. The highest BCUT2D eigenvalue weighted by Crippen LogP contribution is 2.35. The molecule has 0 saturated heterocycles. The molecule has 1 saturated carbocycles. The fourth-order valence-electron chi connectivity index (χ4n) is 3.52. The van der Waals surface area contributed by atoms with E-state index in [9.17, 15) is 14.4 Å². The van der Waals surface area contributed by atoms with Crippen LogP contribution in [0.3, 0.4) is 0 Å². The van der Waals surface area contributed by atoms with Crippen LogP contribution >= 0.6 is 0 Å². The molecule has 0 radical (unpaired) electrons. The van der Waals surface area contributed by atoms with Crippen LogP contribution in [-0.2, 0) is 0 Å². The van der Waals surface area contributed by atoms with Gasteiger partial charge in [0.15, 0.2) is 0 Å². The van der Waals surface area contributed by atoms with E-state index in [2.05, 4.69) is 29.4 Å². The van der Waals surface area contributed by atoms with E-state index >= 15 is 0 Å². The van der Waals surface area contributed by atoms with Crippen molar-refractivity contribution in [3.05, 3.63) is 56.4 Å². The molecule has 2 unspecified atom stereocenters. The van der Waals surface area contributed by atoms with Crippen molar-refractivity contribution in [2.75, 3.05) is 12.3 Å². The van der Waals surface area contributed by atoms with Crippen molar-refractivity contribution in [2.24, 2.45) is 0 Å². The molecule has 2 atom stereocenters. The molecule has 0 aliphatic heterocycles. The summed E-state index contributed by atoms with van der Waals surface area (Å²) in [7, 11) is 0. The zero-order chi connectivity index (χ0) is 20.1.